The molecular formula is C11H22N4. The predicted molar refractivity (Wildman–Crippen MR) is 62.8 cm³/mol. The SMILES string of the molecule is CCn1cncc1CNC(C)CN(C)C. The number of aryl methyl sites for hydroxylation is 1. The number of imidazole rings is 1. The molecule has 0 spiro atoms. The summed E-state index contributed by atoms with van der Waals surface area (Å²) < 4.78 is 2.16. The van der Waals surface area contributed by atoms with Gasteiger partial charge in [-0.2, -0.15) is 0 Å². The average molecular weight is 210 g/mol. The lowest BCUT2D eigenvalue weighted by atomic mass is 10.3. The highest BCUT2D eigenvalue weighted by molar-refractivity contribution is 4.97. The summed E-state index contributed by atoms with van der Waals surface area (Å²) in [6, 6.07) is 0.500. The van der Waals surface area contributed by atoms with Crippen molar-refractivity contribution in [2.75, 3.05) is 20.6 Å². The van der Waals surface area contributed by atoms with Crippen molar-refractivity contribution >= 4 is 0 Å². The zero-order valence-electron chi connectivity index (χ0n) is 10.2. The minimum atomic E-state index is 0.500. The molecule has 0 aliphatic rings. The molecular weight excluding hydrogens is 188 g/mol. The van der Waals surface area contributed by atoms with Gasteiger partial charge in [-0.05, 0) is 27.9 Å². The van der Waals surface area contributed by atoms with E-state index in [4.69, 9.17) is 0 Å². The second kappa shape index (κ2) is 5.88. The quantitative estimate of drug-likeness (QED) is 0.758. The number of rotatable bonds is 6. The summed E-state index contributed by atoms with van der Waals surface area (Å²) >= 11 is 0. The second-order valence-corrected chi connectivity index (χ2v) is 4.22. The normalized spacial score (nSPS) is 13.4. The van der Waals surface area contributed by atoms with Gasteiger partial charge in [0.2, 0.25) is 0 Å². The first kappa shape index (κ1) is 12.2. The summed E-state index contributed by atoms with van der Waals surface area (Å²) in [7, 11) is 4.18. The van der Waals surface area contributed by atoms with Crippen LogP contribution in [0.2, 0.25) is 0 Å². The summed E-state index contributed by atoms with van der Waals surface area (Å²) in [5.41, 5.74) is 1.25. The topological polar surface area (TPSA) is 33.1 Å². The Morgan fingerprint density at radius 2 is 2.27 bits per heavy atom. The minimum Gasteiger partial charge on any atom is -0.334 e. The van der Waals surface area contributed by atoms with Gasteiger partial charge in [0.1, 0.15) is 0 Å². The molecule has 0 radical (unpaired) electrons. The van der Waals surface area contributed by atoms with Crippen molar-refractivity contribution in [3.05, 3.63) is 18.2 Å². The van der Waals surface area contributed by atoms with E-state index in [2.05, 4.69) is 47.7 Å². The first-order chi connectivity index (χ1) is 7.13. The largest absolute Gasteiger partial charge is 0.334 e. The fourth-order valence-electron chi connectivity index (χ4n) is 1.67. The molecule has 86 valence electrons. The molecule has 0 amide bonds. The molecule has 1 unspecified atom stereocenters. The molecule has 0 saturated carbocycles. The monoisotopic (exact) mass is 210 g/mol. The van der Waals surface area contributed by atoms with Crippen molar-refractivity contribution in [1.82, 2.24) is 19.8 Å². The van der Waals surface area contributed by atoms with Gasteiger partial charge >= 0.3 is 0 Å². The fraction of sp³-hybridized carbons (Fsp3) is 0.727. The zero-order valence-corrected chi connectivity index (χ0v) is 10.2. The smallest absolute Gasteiger partial charge is 0.0948 e. The Bertz CT molecular complexity index is 280. The van der Waals surface area contributed by atoms with Gasteiger partial charge in [0.05, 0.1) is 12.0 Å². The molecule has 0 bridgehead atoms. The van der Waals surface area contributed by atoms with Crippen LogP contribution in [-0.2, 0) is 13.1 Å². The van der Waals surface area contributed by atoms with Gasteiger partial charge in [0.25, 0.3) is 0 Å². The van der Waals surface area contributed by atoms with E-state index in [0.29, 0.717) is 6.04 Å². The van der Waals surface area contributed by atoms with Gasteiger partial charge in [-0.1, -0.05) is 0 Å². The van der Waals surface area contributed by atoms with Gasteiger partial charge < -0.3 is 14.8 Å². The molecule has 4 heteroatoms. The highest BCUT2D eigenvalue weighted by atomic mass is 15.1. The van der Waals surface area contributed by atoms with Crippen LogP contribution in [0.15, 0.2) is 12.5 Å². The van der Waals surface area contributed by atoms with Crippen LogP contribution >= 0.6 is 0 Å². The Labute approximate surface area is 92.3 Å². The van der Waals surface area contributed by atoms with Crippen LogP contribution in [0, 0.1) is 0 Å². The predicted octanol–water partition coefficient (Wildman–Crippen LogP) is 0.943. The Morgan fingerprint density at radius 1 is 1.53 bits per heavy atom. The molecule has 0 saturated heterocycles. The zero-order chi connectivity index (χ0) is 11.3. The number of hydrogen-bond donors (Lipinski definition) is 1. The molecule has 0 aromatic carbocycles. The molecule has 15 heavy (non-hydrogen) atoms. The summed E-state index contributed by atoms with van der Waals surface area (Å²) in [6.45, 7) is 7.27. The lowest BCUT2D eigenvalue weighted by molar-refractivity contribution is 0.347. The number of nitrogens with one attached hydrogen (secondary N) is 1. The second-order valence-electron chi connectivity index (χ2n) is 4.22. The summed E-state index contributed by atoms with van der Waals surface area (Å²) in [5.74, 6) is 0. The minimum absolute atomic E-state index is 0.500. The van der Waals surface area contributed by atoms with Gasteiger partial charge in [-0.15, -0.1) is 0 Å². The summed E-state index contributed by atoms with van der Waals surface area (Å²) in [6.07, 6.45) is 3.81. The van der Waals surface area contributed by atoms with Crippen molar-refractivity contribution in [2.45, 2.75) is 33.0 Å². The third kappa shape index (κ3) is 4.01. The maximum absolute atomic E-state index is 4.14. The van der Waals surface area contributed by atoms with Gasteiger partial charge in [0.15, 0.2) is 0 Å². The maximum Gasteiger partial charge on any atom is 0.0948 e. The molecule has 1 aromatic heterocycles. The molecule has 0 fully saturated rings. The van der Waals surface area contributed by atoms with Crippen molar-refractivity contribution in [1.29, 1.82) is 0 Å². The van der Waals surface area contributed by atoms with E-state index in [0.717, 1.165) is 19.6 Å². The molecule has 4 nitrogen and oxygen atoms in total. The van der Waals surface area contributed by atoms with E-state index < -0.39 is 0 Å². The molecule has 0 aliphatic carbocycles. The van der Waals surface area contributed by atoms with Crippen molar-refractivity contribution in [3.63, 3.8) is 0 Å². The van der Waals surface area contributed by atoms with Gasteiger partial charge in [0, 0.05) is 31.9 Å². The fourth-order valence-corrected chi connectivity index (χ4v) is 1.67. The molecule has 1 heterocycles. The summed E-state index contributed by atoms with van der Waals surface area (Å²) in [4.78, 5) is 6.33. The van der Waals surface area contributed by atoms with E-state index in [1.807, 2.05) is 12.5 Å². The van der Waals surface area contributed by atoms with Crippen molar-refractivity contribution < 1.29 is 0 Å². The Kier molecular flexibility index (Phi) is 4.78. The molecule has 0 aliphatic heterocycles. The Morgan fingerprint density at radius 3 is 2.87 bits per heavy atom. The lowest BCUT2D eigenvalue weighted by Gasteiger charge is -2.18. The van der Waals surface area contributed by atoms with E-state index in [1.54, 1.807) is 0 Å². The van der Waals surface area contributed by atoms with Crippen LogP contribution < -0.4 is 5.32 Å². The standard InChI is InChI=1S/C11H22N4/c1-5-15-9-12-6-11(15)7-13-10(2)8-14(3)4/h6,9-10,13H,5,7-8H2,1-4H3. The van der Waals surface area contributed by atoms with Crippen LogP contribution in [0.25, 0.3) is 0 Å². The van der Waals surface area contributed by atoms with E-state index >= 15 is 0 Å². The first-order valence-electron chi connectivity index (χ1n) is 5.50. The Balaban J connectivity index is 2.36. The number of nitrogens with zero attached hydrogens (tertiary/aromatic N) is 3. The maximum atomic E-state index is 4.14. The first-order valence-corrected chi connectivity index (χ1v) is 5.50. The van der Waals surface area contributed by atoms with Crippen molar-refractivity contribution in [2.24, 2.45) is 0 Å². The Hall–Kier alpha value is -0.870. The van der Waals surface area contributed by atoms with Gasteiger partial charge in [-0.3, -0.25) is 0 Å². The molecule has 1 atom stereocenters. The highest BCUT2D eigenvalue weighted by Gasteiger charge is 2.04. The average Bonchev–Trinajstić information content (AvgIpc) is 2.60. The molecule has 1 aromatic rings. The number of hydrogen-bond acceptors (Lipinski definition) is 3. The number of likely N-dealkylation sites (N-methyl/N-ethyl adjacent to an activating group) is 1. The number of aromatic nitrogens is 2. The van der Waals surface area contributed by atoms with Crippen LogP contribution in [0.4, 0.5) is 0 Å². The summed E-state index contributed by atoms with van der Waals surface area (Å²) in [5, 5.41) is 3.49. The molecule has 1 rings (SSSR count). The van der Waals surface area contributed by atoms with Crippen LogP contribution in [0.1, 0.15) is 19.5 Å². The van der Waals surface area contributed by atoms with E-state index in [-0.39, 0.29) is 0 Å². The third-order valence-corrected chi connectivity index (χ3v) is 2.41. The van der Waals surface area contributed by atoms with Gasteiger partial charge in [-0.25, -0.2) is 4.98 Å². The van der Waals surface area contributed by atoms with Crippen LogP contribution in [0.3, 0.4) is 0 Å². The van der Waals surface area contributed by atoms with Crippen LogP contribution in [-0.4, -0.2) is 41.1 Å². The lowest BCUT2D eigenvalue weighted by Crippen LogP contribution is -2.35. The molecule has 1 N–H and O–H groups in total. The van der Waals surface area contributed by atoms with Crippen LogP contribution in [0.5, 0.6) is 0 Å². The van der Waals surface area contributed by atoms with Crippen molar-refractivity contribution in [3.8, 4) is 0 Å². The highest BCUT2D eigenvalue weighted by Crippen LogP contribution is 1.99. The van der Waals surface area contributed by atoms with E-state index in [1.165, 1.54) is 5.69 Å². The third-order valence-electron chi connectivity index (χ3n) is 2.41. The van der Waals surface area contributed by atoms with E-state index in [9.17, 15) is 0 Å².